The van der Waals surface area contributed by atoms with Crippen LogP contribution in [0.2, 0.25) is 0 Å². The van der Waals surface area contributed by atoms with Crippen LogP contribution in [0.5, 0.6) is 6.08 Å². The molecule has 0 N–H and O–H groups in total. The van der Waals surface area contributed by atoms with Gasteiger partial charge in [-0.05, 0) is 0 Å². The smallest absolute Gasteiger partial charge is 0.409 e. The van der Waals surface area contributed by atoms with Crippen LogP contribution in [0.3, 0.4) is 0 Å². The van der Waals surface area contributed by atoms with Gasteiger partial charge in [0, 0.05) is 0 Å². The van der Waals surface area contributed by atoms with Crippen LogP contribution in [0.4, 0.5) is 0 Å². The third-order valence-corrected chi connectivity index (χ3v) is 0.543. The van der Waals surface area contributed by atoms with Gasteiger partial charge in [-0.3, -0.25) is 0 Å². The largest absolute Gasteiger partial charge is 0.417 e. The average molecular weight is 110 g/mol. The summed E-state index contributed by atoms with van der Waals surface area (Å²) in [7, 11) is 0. The molecule has 0 saturated heterocycles. The van der Waals surface area contributed by atoms with Gasteiger partial charge >= 0.3 is 6.08 Å². The number of hydrogen-bond donors (Lipinski definition) is 0. The molecule has 40 valence electrons. The van der Waals surface area contributed by atoms with E-state index in [4.69, 9.17) is 5.26 Å². The van der Waals surface area contributed by atoms with Gasteiger partial charge in [0.2, 0.25) is 0 Å². The molecule has 4 heteroatoms. The molecule has 1 aromatic rings. The SMILES string of the molecule is N#COc1ncco1. The minimum absolute atomic E-state index is 0.0208. The van der Waals surface area contributed by atoms with E-state index in [2.05, 4.69) is 14.1 Å². The van der Waals surface area contributed by atoms with E-state index < -0.39 is 0 Å². The van der Waals surface area contributed by atoms with Gasteiger partial charge in [0.25, 0.3) is 6.26 Å². The van der Waals surface area contributed by atoms with Gasteiger partial charge in [-0.25, -0.2) is 0 Å². The van der Waals surface area contributed by atoms with Crippen LogP contribution in [0, 0.1) is 11.5 Å². The lowest BCUT2D eigenvalue weighted by Crippen LogP contribution is -1.78. The summed E-state index contributed by atoms with van der Waals surface area (Å²) in [5.41, 5.74) is 0. The Morgan fingerprint density at radius 3 is 3.25 bits per heavy atom. The van der Waals surface area contributed by atoms with Gasteiger partial charge < -0.3 is 9.15 Å². The van der Waals surface area contributed by atoms with Gasteiger partial charge in [0.15, 0.2) is 0 Å². The third kappa shape index (κ3) is 0.763. The van der Waals surface area contributed by atoms with Crippen LogP contribution in [0.15, 0.2) is 16.9 Å². The second-order valence-corrected chi connectivity index (χ2v) is 0.991. The van der Waals surface area contributed by atoms with Crippen molar-refractivity contribution in [2.24, 2.45) is 0 Å². The van der Waals surface area contributed by atoms with E-state index >= 15 is 0 Å². The first-order valence-corrected chi connectivity index (χ1v) is 1.89. The molecule has 1 heterocycles. The molecule has 1 rings (SSSR count). The maximum absolute atomic E-state index is 7.87. The van der Waals surface area contributed by atoms with Gasteiger partial charge in [-0.1, -0.05) is 0 Å². The lowest BCUT2D eigenvalue weighted by Gasteiger charge is -1.78. The standard InChI is InChI=1S/C4H2N2O2/c5-3-8-4-6-1-2-7-4/h1-2H. The van der Waals surface area contributed by atoms with E-state index in [1.165, 1.54) is 18.7 Å². The molecule has 0 aliphatic carbocycles. The first-order valence-electron chi connectivity index (χ1n) is 1.89. The Balaban J connectivity index is 2.67. The minimum Gasteiger partial charge on any atom is -0.417 e. The zero-order chi connectivity index (χ0) is 5.82. The second kappa shape index (κ2) is 1.98. The van der Waals surface area contributed by atoms with E-state index in [1.807, 2.05) is 0 Å². The van der Waals surface area contributed by atoms with E-state index in [0.717, 1.165) is 0 Å². The summed E-state index contributed by atoms with van der Waals surface area (Å²) in [6, 6.07) is 0. The highest BCUT2D eigenvalue weighted by Gasteiger charge is 1.92. The Labute approximate surface area is 45.3 Å². The van der Waals surface area contributed by atoms with E-state index in [1.54, 1.807) is 0 Å². The number of hydrogen-bond acceptors (Lipinski definition) is 4. The van der Waals surface area contributed by atoms with Crippen molar-refractivity contribution in [3.8, 4) is 12.3 Å². The normalized spacial score (nSPS) is 7.88. The van der Waals surface area contributed by atoms with Crippen molar-refractivity contribution in [1.82, 2.24) is 4.98 Å². The van der Waals surface area contributed by atoms with Crippen molar-refractivity contribution < 1.29 is 9.15 Å². The molecule has 0 amide bonds. The summed E-state index contributed by atoms with van der Waals surface area (Å²) in [5, 5.41) is 7.87. The monoisotopic (exact) mass is 110 g/mol. The fourth-order valence-corrected chi connectivity index (χ4v) is 0.300. The quantitative estimate of drug-likeness (QED) is 0.495. The molecule has 0 aromatic carbocycles. The van der Waals surface area contributed by atoms with Crippen molar-refractivity contribution in [3.05, 3.63) is 12.5 Å². The zero-order valence-corrected chi connectivity index (χ0v) is 3.87. The maximum Gasteiger partial charge on any atom is 0.409 e. The summed E-state index contributed by atoms with van der Waals surface area (Å²) >= 11 is 0. The zero-order valence-electron chi connectivity index (χ0n) is 3.87. The molecule has 0 saturated carbocycles. The minimum atomic E-state index is -0.0208. The summed E-state index contributed by atoms with van der Waals surface area (Å²) in [4.78, 5) is 3.49. The lowest BCUT2D eigenvalue weighted by molar-refractivity contribution is 0.343. The van der Waals surface area contributed by atoms with Gasteiger partial charge in [0.1, 0.15) is 6.26 Å². The van der Waals surface area contributed by atoms with Gasteiger partial charge in [-0.2, -0.15) is 4.98 Å². The van der Waals surface area contributed by atoms with Crippen molar-refractivity contribution >= 4 is 0 Å². The predicted octanol–water partition coefficient (Wildman–Crippen LogP) is 0.534. The fraction of sp³-hybridized carbons (Fsp3) is 0. The highest BCUT2D eigenvalue weighted by molar-refractivity contribution is 4.87. The molecule has 0 aliphatic rings. The lowest BCUT2D eigenvalue weighted by atomic mass is 11.0. The average Bonchev–Trinajstić information content (AvgIpc) is 2.19. The molecule has 8 heavy (non-hydrogen) atoms. The van der Waals surface area contributed by atoms with Crippen LogP contribution >= 0.6 is 0 Å². The molecule has 0 fully saturated rings. The first kappa shape index (κ1) is 4.65. The number of oxazole rings is 1. The molecular weight excluding hydrogens is 108 g/mol. The molecule has 0 unspecified atom stereocenters. The van der Waals surface area contributed by atoms with Crippen molar-refractivity contribution in [1.29, 1.82) is 5.26 Å². The van der Waals surface area contributed by atoms with Gasteiger partial charge in [0.05, 0.1) is 6.20 Å². The topological polar surface area (TPSA) is 59.0 Å². The van der Waals surface area contributed by atoms with Gasteiger partial charge in [-0.15, -0.1) is 5.26 Å². The molecule has 0 spiro atoms. The molecule has 0 atom stereocenters. The fourth-order valence-electron chi connectivity index (χ4n) is 0.300. The highest BCUT2D eigenvalue weighted by atomic mass is 16.6. The number of ether oxygens (including phenoxy) is 1. The molecule has 4 nitrogen and oxygen atoms in total. The molecule has 0 radical (unpaired) electrons. The molecule has 0 aliphatic heterocycles. The van der Waals surface area contributed by atoms with Crippen LogP contribution in [0.1, 0.15) is 0 Å². The van der Waals surface area contributed by atoms with Crippen LogP contribution in [-0.2, 0) is 0 Å². The Morgan fingerprint density at radius 2 is 2.75 bits per heavy atom. The summed E-state index contributed by atoms with van der Waals surface area (Å²) in [5.74, 6) is 0. The highest BCUT2D eigenvalue weighted by Crippen LogP contribution is 2.01. The Hall–Kier alpha value is -1.50. The van der Waals surface area contributed by atoms with Crippen molar-refractivity contribution in [2.75, 3.05) is 0 Å². The first-order chi connectivity index (χ1) is 3.93. The molecular formula is C4H2N2O2. The number of nitrogens with zero attached hydrogens (tertiary/aromatic N) is 2. The maximum atomic E-state index is 7.87. The van der Waals surface area contributed by atoms with Crippen molar-refractivity contribution in [3.63, 3.8) is 0 Å². The van der Waals surface area contributed by atoms with Crippen molar-refractivity contribution in [2.45, 2.75) is 0 Å². The van der Waals surface area contributed by atoms with Crippen LogP contribution < -0.4 is 4.74 Å². The van der Waals surface area contributed by atoms with Crippen LogP contribution in [0.25, 0.3) is 0 Å². The van der Waals surface area contributed by atoms with E-state index in [-0.39, 0.29) is 6.08 Å². The third-order valence-electron chi connectivity index (χ3n) is 0.543. The predicted molar refractivity (Wildman–Crippen MR) is 22.7 cm³/mol. The number of nitriles is 1. The molecule has 0 bridgehead atoms. The van der Waals surface area contributed by atoms with E-state index in [9.17, 15) is 0 Å². The summed E-state index contributed by atoms with van der Waals surface area (Å²) in [6.07, 6.45) is 4.11. The summed E-state index contributed by atoms with van der Waals surface area (Å²) < 4.78 is 8.69. The molecule has 1 aromatic heterocycles. The Kier molecular flexibility index (Phi) is 1.15. The number of rotatable bonds is 1. The Bertz CT molecular complexity index is 186. The number of aromatic nitrogens is 1. The second-order valence-electron chi connectivity index (χ2n) is 0.991. The Morgan fingerprint density at radius 1 is 1.88 bits per heavy atom. The van der Waals surface area contributed by atoms with E-state index in [0.29, 0.717) is 0 Å². The summed E-state index contributed by atoms with van der Waals surface area (Å²) in [6.45, 7) is 0. The van der Waals surface area contributed by atoms with Crippen LogP contribution in [-0.4, -0.2) is 4.98 Å².